The summed E-state index contributed by atoms with van der Waals surface area (Å²) in [6.07, 6.45) is 99.6. The standard InChI is InChI=1S/C76H122O6/c1-4-7-10-13-16-19-22-25-28-31-33-35-36-37-38-39-40-42-43-45-48-51-54-57-60-63-66-69-75(78)81-72-73(71-80-74(77)68-65-62-59-56-53-50-47-30-27-24-21-18-15-12-9-6-3)82-76(79)70-67-64-61-58-55-52-49-46-44-41-34-32-29-26-23-20-17-14-11-8-5-2/h7-8,10-11,16-17,19-20,25-26,28-30,33-35,37-38,40-42,45-49,73H,4-6,9,12-15,18,21-24,27,31-32,36,39,43-44,50-72H2,1-3H3/b10-7-,11-8-,19-16-,20-17-,28-25-,29-26-,35-33-,38-37-,41-34-,42-40-,47-30-,48-45-,49-46-. The van der Waals surface area contributed by atoms with Crippen LogP contribution in [0.5, 0.6) is 0 Å². The van der Waals surface area contributed by atoms with Crippen molar-refractivity contribution < 1.29 is 28.6 Å². The maximum absolute atomic E-state index is 12.9. The van der Waals surface area contributed by atoms with Gasteiger partial charge in [0, 0.05) is 19.3 Å². The Morgan fingerprint density at radius 1 is 0.256 bits per heavy atom. The van der Waals surface area contributed by atoms with Crippen LogP contribution < -0.4 is 0 Å². The Labute approximate surface area is 505 Å². The third-order valence-corrected chi connectivity index (χ3v) is 13.7. The zero-order valence-corrected chi connectivity index (χ0v) is 52.9. The molecule has 0 aliphatic rings. The highest BCUT2D eigenvalue weighted by atomic mass is 16.6. The lowest BCUT2D eigenvalue weighted by molar-refractivity contribution is -0.167. The van der Waals surface area contributed by atoms with Crippen molar-refractivity contribution >= 4 is 17.9 Å². The second-order valence-corrected chi connectivity index (χ2v) is 21.6. The minimum Gasteiger partial charge on any atom is -0.462 e. The van der Waals surface area contributed by atoms with E-state index in [0.717, 1.165) is 186 Å². The Kier molecular flexibility index (Phi) is 64.4. The van der Waals surface area contributed by atoms with E-state index in [2.05, 4.69) is 179 Å². The number of hydrogen-bond donors (Lipinski definition) is 0. The van der Waals surface area contributed by atoms with Gasteiger partial charge in [0.1, 0.15) is 13.2 Å². The van der Waals surface area contributed by atoms with Crippen molar-refractivity contribution in [3.05, 3.63) is 158 Å². The fourth-order valence-corrected chi connectivity index (χ4v) is 8.80. The number of hydrogen-bond acceptors (Lipinski definition) is 6. The van der Waals surface area contributed by atoms with E-state index in [1.807, 2.05) is 0 Å². The molecule has 462 valence electrons. The average Bonchev–Trinajstić information content (AvgIpc) is 3.47. The quantitative estimate of drug-likeness (QED) is 0.0261. The molecule has 0 heterocycles. The van der Waals surface area contributed by atoms with Crippen LogP contribution in [0.4, 0.5) is 0 Å². The number of esters is 3. The predicted octanol–water partition coefficient (Wildman–Crippen LogP) is 23.3. The number of carbonyl (C=O) groups is 3. The molecule has 0 aromatic heterocycles. The zero-order valence-electron chi connectivity index (χ0n) is 52.9. The van der Waals surface area contributed by atoms with E-state index in [1.165, 1.54) is 57.8 Å². The van der Waals surface area contributed by atoms with Gasteiger partial charge in [-0.3, -0.25) is 14.4 Å². The molecule has 0 N–H and O–H groups in total. The van der Waals surface area contributed by atoms with Crippen LogP contribution in [-0.2, 0) is 28.6 Å². The van der Waals surface area contributed by atoms with Gasteiger partial charge in [-0.2, -0.15) is 0 Å². The Bertz CT molecular complexity index is 1830. The van der Waals surface area contributed by atoms with Gasteiger partial charge in [-0.25, -0.2) is 0 Å². The Hall–Kier alpha value is -4.97. The van der Waals surface area contributed by atoms with E-state index < -0.39 is 6.10 Å². The molecular formula is C76H122O6. The summed E-state index contributed by atoms with van der Waals surface area (Å²) in [5.41, 5.74) is 0. The van der Waals surface area contributed by atoms with E-state index in [0.29, 0.717) is 19.3 Å². The molecule has 0 amide bonds. The normalized spacial score (nSPS) is 13.2. The van der Waals surface area contributed by atoms with Gasteiger partial charge in [-0.1, -0.05) is 275 Å². The summed E-state index contributed by atoms with van der Waals surface area (Å²) in [5, 5.41) is 0. The van der Waals surface area contributed by atoms with Crippen LogP contribution in [0.15, 0.2) is 158 Å². The molecule has 0 saturated carbocycles. The van der Waals surface area contributed by atoms with Crippen LogP contribution in [0.25, 0.3) is 0 Å². The number of carbonyl (C=O) groups excluding carboxylic acids is 3. The Balaban J connectivity index is 4.49. The topological polar surface area (TPSA) is 78.9 Å². The molecule has 6 nitrogen and oxygen atoms in total. The second kappa shape index (κ2) is 68.5. The number of ether oxygens (including phenoxy) is 3. The van der Waals surface area contributed by atoms with Crippen LogP contribution in [0.3, 0.4) is 0 Å². The van der Waals surface area contributed by atoms with Gasteiger partial charge in [0.2, 0.25) is 0 Å². The van der Waals surface area contributed by atoms with E-state index in [4.69, 9.17) is 14.2 Å². The molecule has 0 aliphatic heterocycles. The fourth-order valence-electron chi connectivity index (χ4n) is 8.80. The van der Waals surface area contributed by atoms with Crippen molar-refractivity contribution in [2.75, 3.05) is 13.2 Å². The molecule has 0 aromatic carbocycles. The first-order valence-electron chi connectivity index (χ1n) is 33.5. The molecule has 6 heteroatoms. The van der Waals surface area contributed by atoms with Gasteiger partial charge in [0.05, 0.1) is 0 Å². The highest BCUT2D eigenvalue weighted by Crippen LogP contribution is 2.14. The minimum atomic E-state index is -0.810. The third-order valence-electron chi connectivity index (χ3n) is 13.7. The first-order valence-corrected chi connectivity index (χ1v) is 33.5. The van der Waals surface area contributed by atoms with Crippen molar-refractivity contribution in [1.82, 2.24) is 0 Å². The highest BCUT2D eigenvalue weighted by Gasteiger charge is 2.19. The zero-order chi connectivity index (χ0) is 59.2. The van der Waals surface area contributed by atoms with Gasteiger partial charge < -0.3 is 14.2 Å². The lowest BCUT2D eigenvalue weighted by atomic mass is 10.1. The molecule has 0 aromatic rings. The summed E-state index contributed by atoms with van der Waals surface area (Å²) in [6, 6.07) is 0. The molecule has 1 atom stereocenters. The summed E-state index contributed by atoms with van der Waals surface area (Å²) in [4.78, 5) is 38.4. The SMILES string of the molecule is CC/C=C\C/C=C\C/C=C\C/C=C\C/C=C\C/C=C\C/C=C\CCCCCCCC(=O)OCC(COC(=O)CCCCCCC/C=C\CCCCCCCCC)OC(=O)CCCCCCC/C=C\C/C=C\C/C=C\C/C=C\C/C=C\CC. The number of allylic oxidation sites excluding steroid dienone is 26. The maximum Gasteiger partial charge on any atom is 0.306 e. The van der Waals surface area contributed by atoms with Crippen LogP contribution in [0.2, 0.25) is 0 Å². The summed E-state index contributed by atoms with van der Waals surface area (Å²) >= 11 is 0. The minimum absolute atomic E-state index is 0.102. The van der Waals surface area contributed by atoms with Crippen molar-refractivity contribution in [1.29, 1.82) is 0 Å². The first kappa shape index (κ1) is 77.0. The van der Waals surface area contributed by atoms with Gasteiger partial charge in [-0.05, 0) is 148 Å². The van der Waals surface area contributed by atoms with E-state index in [-0.39, 0.29) is 31.1 Å². The molecule has 0 rings (SSSR count). The summed E-state index contributed by atoms with van der Waals surface area (Å²) in [5.74, 6) is -0.948. The van der Waals surface area contributed by atoms with Crippen molar-refractivity contribution in [2.45, 2.75) is 290 Å². The van der Waals surface area contributed by atoms with Gasteiger partial charge >= 0.3 is 17.9 Å². The molecule has 0 aliphatic carbocycles. The first-order chi connectivity index (χ1) is 40.5. The molecule has 0 bridgehead atoms. The van der Waals surface area contributed by atoms with Crippen LogP contribution >= 0.6 is 0 Å². The van der Waals surface area contributed by atoms with Crippen LogP contribution in [0.1, 0.15) is 284 Å². The van der Waals surface area contributed by atoms with E-state index >= 15 is 0 Å². The molecule has 0 spiro atoms. The molecule has 82 heavy (non-hydrogen) atoms. The lowest BCUT2D eigenvalue weighted by Crippen LogP contribution is -2.30. The molecular weight excluding hydrogens is 1010 g/mol. The molecule has 1 unspecified atom stereocenters. The average molecular weight is 1130 g/mol. The second-order valence-electron chi connectivity index (χ2n) is 21.6. The Morgan fingerprint density at radius 3 is 0.756 bits per heavy atom. The van der Waals surface area contributed by atoms with Crippen molar-refractivity contribution in [3.63, 3.8) is 0 Å². The van der Waals surface area contributed by atoms with E-state index in [9.17, 15) is 14.4 Å². The van der Waals surface area contributed by atoms with Crippen molar-refractivity contribution in [3.8, 4) is 0 Å². The van der Waals surface area contributed by atoms with Gasteiger partial charge in [0.25, 0.3) is 0 Å². The highest BCUT2D eigenvalue weighted by molar-refractivity contribution is 5.71. The maximum atomic E-state index is 12.9. The fraction of sp³-hybridized carbons (Fsp3) is 0.618. The summed E-state index contributed by atoms with van der Waals surface area (Å²) in [7, 11) is 0. The molecule has 0 saturated heterocycles. The molecule has 0 fully saturated rings. The third kappa shape index (κ3) is 65.8. The summed E-state index contributed by atoms with van der Waals surface area (Å²) < 4.78 is 16.9. The van der Waals surface area contributed by atoms with Crippen LogP contribution in [0, 0.1) is 0 Å². The number of rotatable bonds is 59. The Morgan fingerprint density at radius 2 is 0.476 bits per heavy atom. The lowest BCUT2D eigenvalue weighted by Gasteiger charge is -2.18. The van der Waals surface area contributed by atoms with Crippen LogP contribution in [-0.4, -0.2) is 37.2 Å². The van der Waals surface area contributed by atoms with Crippen molar-refractivity contribution in [2.24, 2.45) is 0 Å². The van der Waals surface area contributed by atoms with E-state index in [1.54, 1.807) is 0 Å². The predicted molar refractivity (Wildman–Crippen MR) is 357 cm³/mol. The van der Waals surface area contributed by atoms with Gasteiger partial charge in [0.15, 0.2) is 6.10 Å². The number of unbranched alkanes of at least 4 members (excludes halogenated alkanes) is 22. The van der Waals surface area contributed by atoms with Gasteiger partial charge in [-0.15, -0.1) is 0 Å². The largest absolute Gasteiger partial charge is 0.462 e. The monoisotopic (exact) mass is 1130 g/mol. The molecule has 0 radical (unpaired) electrons. The summed E-state index contributed by atoms with van der Waals surface area (Å²) in [6.45, 7) is 6.38. The smallest absolute Gasteiger partial charge is 0.306 e.